The quantitative estimate of drug-likeness (QED) is 0.208. The minimum absolute atomic E-state index is 0.0452. The topological polar surface area (TPSA) is 12.0 Å². The lowest BCUT2D eigenvalue weighted by molar-refractivity contribution is 0.293. The lowest BCUT2D eigenvalue weighted by atomic mass is 9.80. The van der Waals surface area contributed by atoms with Crippen LogP contribution in [0.5, 0.6) is 0 Å². The molecule has 0 aromatic carbocycles. The molecular formula is C27H47N. The van der Waals surface area contributed by atoms with Gasteiger partial charge < -0.3 is 5.32 Å². The van der Waals surface area contributed by atoms with Crippen LogP contribution >= 0.6 is 0 Å². The molecule has 1 atom stereocenters. The van der Waals surface area contributed by atoms with Gasteiger partial charge in [-0.2, -0.15) is 0 Å². The highest BCUT2D eigenvalue weighted by Crippen LogP contribution is 2.32. The minimum Gasteiger partial charge on any atom is -0.391 e. The molecule has 0 fully saturated rings. The van der Waals surface area contributed by atoms with Crippen molar-refractivity contribution >= 4 is 0 Å². The van der Waals surface area contributed by atoms with E-state index in [4.69, 9.17) is 0 Å². The summed E-state index contributed by atoms with van der Waals surface area (Å²) >= 11 is 0. The second kappa shape index (κ2) is 14.5. The Balaban J connectivity index is 4.68. The molecule has 160 valence electrons. The molecule has 0 aliphatic rings. The van der Waals surface area contributed by atoms with Gasteiger partial charge in [0.25, 0.3) is 0 Å². The first-order valence-corrected chi connectivity index (χ1v) is 11.3. The summed E-state index contributed by atoms with van der Waals surface area (Å²) in [5.41, 5.74) is 3.71. The van der Waals surface area contributed by atoms with Gasteiger partial charge in [0.05, 0.1) is 0 Å². The van der Waals surface area contributed by atoms with Gasteiger partial charge in [0.2, 0.25) is 0 Å². The molecule has 1 heteroatoms. The van der Waals surface area contributed by atoms with Crippen molar-refractivity contribution in [3.8, 4) is 0 Å². The van der Waals surface area contributed by atoms with Crippen LogP contribution in [0.15, 0.2) is 60.9 Å². The molecule has 0 amide bonds. The monoisotopic (exact) mass is 385 g/mol. The van der Waals surface area contributed by atoms with Crippen LogP contribution in [-0.2, 0) is 0 Å². The number of allylic oxidation sites excluding steroid dienone is 6. The Labute approximate surface area is 176 Å². The third-order valence-corrected chi connectivity index (χ3v) is 6.07. The van der Waals surface area contributed by atoms with Crippen LogP contribution in [0.1, 0.15) is 86.5 Å². The molecule has 28 heavy (non-hydrogen) atoms. The van der Waals surface area contributed by atoms with E-state index in [1.165, 1.54) is 36.0 Å². The van der Waals surface area contributed by atoms with E-state index >= 15 is 0 Å². The lowest BCUT2D eigenvalue weighted by Crippen LogP contribution is -2.25. The molecule has 0 aromatic heterocycles. The zero-order chi connectivity index (χ0) is 21.6. The number of rotatable bonds is 16. The van der Waals surface area contributed by atoms with E-state index in [0.717, 1.165) is 44.1 Å². The van der Waals surface area contributed by atoms with E-state index in [0.29, 0.717) is 0 Å². The number of nitrogens with one attached hydrogen (secondary N) is 1. The first-order chi connectivity index (χ1) is 13.2. The van der Waals surface area contributed by atoms with Gasteiger partial charge in [0.1, 0.15) is 0 Å². The van der Waals surface area contributed by atoms with E-state index in [1.54, 1.807) is 0 Å². The zero-order valence-corrected chi connectivity index (χ0v) is 19.7. The molecule has 1 N–H and O–H groups in total. The maximum atomic E-state index is 4.33. The van der Waals surface area contributed by atoms with Gasteiger partial charge in [-0.15, -0.1) is 6.58 Å². The summed E-state index contributed by atoms with van der Waals surface area (Å²) in [5, 5.41) is 3.56. The molecule has 0 bridgehead atoms. The van der Waals surface area contributed by atoms with Gasteiger partial charge in [0.15, 0.2) is 0 Å². The van der Waals surface area contributed by atoms with Gasteiger partial charge >= 0.3 is 0 Å². The Hall–Kier alpha value is -1.50. The molecule has 0 radical (unpaired) electrons. The number of hydrogen-bond acceptors (Lipinski definition) is 1. The molecule has 0 aliphatic carbocycles. The van der Waals surface area contributed by atoms with E-state index in [9.17, 15) is 0 Å². The highest BCUT2D eigenvalue weighted by Gasteiger charge is 2.19. The summed E-state index contributed by atoms with van der Waals surface area (Å²) < 4.78 is 0. The summed E-state index contributed by atoms with van der Waals surface area (Å²) in [7, 11) is 0. The zero-order valence-electron chi connectivity index (χ0n) is 19.7. The van der Waals surface area contributed by atoms with Gasteiger partial charge in [0, 0.05) is 6.54 Å². The molecule has 0 saturated heterocycles. The molecule has 0 aromatic rings. The molecule has 1 unspecified atom stereocenters. The summed E-state index contributed by atoms with van der Waals surface area (Å²) in [6.07, 6.45) is 16.7. The van der Waals surface area contributed by atoms with Crippen LogP contribution in [0.4, 0.5) is 0 Å². The average molecular weight is 386 g/mol. The van der Waals surface area contributed by atoms with Crippen LogP contribution in [0.2, 0.25) is 0 Å². The van der Waals surface area contributed by atoms with Crippen molar-refractivity contribution in [3.05, 3.63) is 60.9 Å². The average Bonchev–Trinajstić information content (AvgIpc) is 2.65. The Morgan fingerprint density at radius 1 is 1.07 bits per heavy atom. The van der Waals surface area contributed by atoms with Crippen molar-refractivity contribution in [1.29, 1.82) is 0 Å². The summed E-state index contributed by atoms with van der Waals surface area (Å²) in [6, 6.07) is 0. The Morgan fingerprint density at radius 2 is 1.71 bits per heavy atom. The largest absolute Gasteiger partial charge is 0.391 e. The molecule has 1 nitrogen and oxygen atoms in total. The second-order valence-corrected chi connectivity index (χ2v) is 8.81. The van der Waals surface area contributed by atoms with E-state index in [2.05, 4.69) is 84.9 Å². The van der Waals surface area contributed by atoms with Crippen molar-refractivity contribution in [1.82, 2.24) is 5.32 Å². The fourth-order valence-electron chi connectivity index (χ4n) is 3.64. The second-order valence-electron chi connectivity index (χ2n) is 8.81. The molecule has 0 heterocycles. The van der Waals surface area contributed by atoms with Crippen LogP contribution in [-0.4, -0.2) is 6.54 Å². The smallest absolute Gasteiger partial charge is 0.0172 e. The Bertz CT molecular complexity index is 528. The fraction of sp³-hybridized carbons (Fsp3) is 0.630. The predicted octanol–water partition coefficient (Wildman–Crippen LogP) is 8.38. The first kappa shape index (κ1) is 26.5. The molecule has 0 spiro atoms. The Morgan fingerprint density at radius 3 is 2.25 bits per heavy atom. The standard InChI is InChI=1S/C27H47N/c1-10-14-17-26(25(12-3)13-4)21-28-19-15-18-27(8,9)24(7)20-23(6)22(5)16-11-2/h10,15,19-20,25-26,28H,1,5,7,11-14,16-18,21H2,2-4,6,8-9H3/b19-15-,23-20+. The minimum atomic E-state index is 0.0452. The molecule has 0 saturated carbocycles. The van der Waals surface area contributed by atoms with Gasteiger partial charge in [-0.25, -0.2) is 0 Å². The van der Waals surface area contributed by atoms with E-state index < -0.39 is 0 Å². The third-order valence-electron chi connectivity index (χ3n) is 6.07. The van der Waals surface area contributed by atoms with Gasteiger partial charge in [-0.1, -0.05) is 90.8 Å². The third kappa shape index (κ3) is 10.2. The van der Waals surface area contributed by atoms with Crippen molar-refractivity contribution in [3.63, 3.8) is 0 Å². The molecule has 0 rings (SSSR count). The predicted molar refractivity (Wildman–Crippen MR) is 129 cm³/mol. The van der Waals surface area contributed by atoms with Crippen molar-refractivity contribution in [2.75, 3.05) is 6.54 Å². The lowest BCUT2D eigenvalue weighted by Gasteiger charge is -2.26. The summed E-state index contributed by atoms with van der Waals surface area (Å²) in [5.74, 6) is 1.51. The van der Waals surface area contributed by atoms with Crippen LogP contribution in [0, 0.1) is 17.3 Å². The van der Waals surface area contributed by atoms with Gasteiger partial charge in [-0.05, 0) is 67.2 Å². The Kier molecular flexibility index (Phi) is 13.7. The van der Waals surface area contributed by atoms with Crippen LogP contribution < -0.4 is 5.32 Å². The van der Waals surface area contributed by atoms with Crippen LogP contribution in [0.3, 0.4) is 0 Å². The van der Waals surface area contributed by atoms with Crippen molar-refractivity contribution in [2.24, 2.45) is 17.3 Å². The van der Waals surface area contributed by atoms with Crippen molar-refractivity contribution < 1.29 is 0 Å². The highest BCUT2D eigenvalue weighted by atomic mass is 14.8. The van der Waals surface area contributed by atoms with Crippen LogP contribution in [0.25, 0.3) is 0 Å². The summed E-state index contributed by atoms with van der Waals surface area (Å²) in [4.78, 5) is 0. The molecular weight excluding hydrogens is 338 g/mol. The molecule has 0 aliphatic heterocycles. The normalized spacial score (nSPS) is 13.8. The summed E-state index contributed by atoms with van der Waals surface area (Å²) in [6.45, 7) is 27.0. The maximum Gasteiger partial charge on any atom is 0.0172 e. The van der Waals surface area contributed by atoms with Gasteiger partial charge in [-0.3, -0.25) is 0 Å². The first-order valence-electron chi connectivity index (χ1n) is 11.3. The number of hydrogen-bond donors (Lipinski definition) is 1. The van der Waals surface area contributed by atoms with E-state index in [-0.39, 0.29) is 5.41 Å². The van der Waals surface area contributed by atoms with E-state index in [1.807, 2.05) is 6.08 Å². The fourth-order valence-corrected chi connectivity index (χ4v) is 3.64. The maximum absolute atomic E-state index is 4.33. The highest BCUT2D eigenvalue weighted by molar-refractivity contribution is 5.35. The SMILES string of the molecule is C=CCCC(CN/C=C\CC(C)(C)C(=C)/C=C(\C)C(=C)CCC)C(CC)CC. The van der Waals surface area contributed by atoms with Crippen molar-refractivity contribution in [2.45, 2.75) is 86.5 Å².